The van der Waals surface area contributed by atoms with Crippen LogP contribution in [0.25, 0.3) is 10.4 Å². The molecule has 0 saturated carbocycles. The molecule has 1 rings (SSSR count). The van der Waals surface area contributed by atoms with Crippen LogP contribution >= 0.6 is 0 Å². The lowest BCUT2D eigenvalue weighted by Gasteiger charge is -1.96. The minimum Gasteiger partial charge on any atom is -0.378 e. The van der Waals surface area contributed by atoms with Crippen LogP contribution in [0.5, 0.6) is 0 Å². The molecule has 13 heavy (non-hydrogen) atoms. The molecule has 1 aromatic heterocycles. The van der Waals surface area contributed by atoms with Gasteiger partial charge in [-0.15, -0.1) is 0 Å². The van der Waals surface area contributed by atoms with Gasteiger partial charge < -0.3 is 5.73 Å². The highest BCUT2D eigenvalue weighted by atomic mass is 16.6. The lowest BCUT2D eigenvalue weighted by molar-refractivity contribution is -0.383. The van der Waals surface area contributed by atoms with E-state index in [4.69, 9.17) is 11.3 Å². The first-order chi connectivity index (χ1) is 6.16. The van der Waals surface area contributed by atoms with Crippen LogP contribution in [-0.2, 0) is 0 Å². The molecule has 0 amide bonds. The number of nitrogens with two attached hydrogens (primary N) is 1. The summed E-state index contributed by atoms with van der Waals surface area (Å²) in [5.74, 6) is -0.720. The van der Waals surface area contributed by atoms with E-state index in [1.165, 1.54) is 0 Å². The van der Waals surface area contributed by atoms with Crippen LogP contribution in [0.1, 0.15) is 0 Å². The Morgan fingerprint density at radius 3 is 2.92 bits per heavy atom. The second-order valence-electron chi connectivity index (χ2n) is 1.88. The topological polar surface area (TPSA) is 144 Å². The van der Waals surface area contributed by atoms with E-state index in [0.717, 1.165) is 6.33 Å². The van der Waals surface area contributed by atoms with Crippen LogP contribution in [0.2, 0.25) is 0 Å². The van der Waals surface area contributed by atoms with E-state index in [1.807, 2.05) is 0 Å². The van der Waals surface area contributed by atoms with Crippen molar-refractivity contribution in [2.75, 3.05) is 5.73 Å². The molecule has 0 aliphatic heterocycles. The summed E-state index contributed by atoms with van der Waals surface area (Å²) in [6.07, 6.45) is 0.979. The highest BCUT2D eigenvalue weighted by Crippen LogP contribution is 2.28. The van der Waals surface area contributed by atoms with E-state index in [1.54, 1.807) is 0 Å². The Balaban J connectivity index is 3.42. The van der Waals surface area contributed by atoms with Crippen molar-refractivity contribution in [3.8, 4) is 0 Å². The van der Waals surface area contributed by atoms with Crippen molar-refractivity contribution in [1.29, 1.82) is 0 Å². The Morgan fingerprint density at radius 1 is 1.69 bits per heavy atom. The number of aromatic nitrogens is 2. The van der Waals surface area contributed by atoms with Crippen molar-refractivity contribution in [1.82, 2.24) is 9.97 Å². The number of hydrogen-bond acceptors (Lipinski definition) is 6. The van der Waals surface area contributed by atoms with Crippen molar-refractivity contribution in [3.63, 3.8) is 0 Å². The first-order valence-corrected chi connectivity index (χ1v) is 2.96. The molecule has 0 aromatic carbocycles. The third kappa shape index (κ3) is 1.60. The maximum absolute atomic E-state index is 10.4. The van der Waals surface area contributed by atoms with Crippen molar-refractivity contribution in [2.24, 2.45) is 5.11 Å². The number of rotatable bonds is 2. The summed E-state index contributed by atoms with van der Waals surface area (Å²) in [5, 5.41) is 13.4. The molecule has 0 aliphatic rings. The molecular weight excluding hydrogens is 178 g/mol. The Kier molecular flexibility index (Phi) is 2.22. The lowest BCUT2D eigenvalue weighted by atomic mass is 10.4. The van der Waals surface area contributed by atoms with Crippen LogP contribution in [-0.4, -0.2) is 14.9 Å². The third-order valence-electron chi connectivity index (χ3n) is 1.15. The maximum Gasteiger partial charge on any atom is 0.339 e. The molecule has 0 spiro atoms. The average Bonchev–Trinajstić information content (AvgIpc) is 2.04. The molecule has 0 unspecified atom stereocenters. The molecule has 9 heteroatoms. The predicted molar refractivity (Wildman–Crippen MR) is 41.9 cm³/mol. The van der Waals surface area contributed by atoms with Gasteiger partial charge in [0.2, 0.25) is 11.6 Å². The van der Waals surface area contributed by atoms with E-state index >= 15 is 0 Å². The second-order valence-corrected chi connectivity index (χ2v) is 1.88. The molecule has 66 valence electrons. The van der Waals surface area contributed by atoms with Gasteiger partial charge in [-0.2, -0.15) is 0 Å². The Bertz CT molecular complexity index is 395. The van der Waals surface area contributed by atoms with Gasteiger partial charge in [-0.25, -0.2) is 9.97 Å². The molecule has 2 N–H and O–H groups in total. The van der Waals surface area contributed by atoms with Crippen molar-refractivity contribution in [3.05, 3.63) is 26.9 Å². The highest BCUT2D eigenvalue weighted by molar-refractivity contribution is 5.64. The van der Waals surface area contributed by atoms with Gasteiger partial charge in [0, 0.05) is 4.91 Å². The summed E-state index contributed by atoms with van der Waals surface area (Å²) < 4.78 is 0. The van der Waals surface area contributed by atoms with Crippen LogP contribution in [0.3, 0.4) is 0 Å². The van der Waals surface area contributed by atoms with E-state index in [0.29, 0.717) is 0 Å². The molecule has 0 fully saturated rings. The van der Waals surface area contributed by atoms with E-state index in [2.05, 4.69) is 20.0 Å². The summed E-state index contributed by atoms with van der Waals surface area (Å²) in [5.41, 5.74) is 12.6. The van der Waals surface area contributed by atoms with Gasteiger partial charge in [0.25, 0.3) is 0 Å². The highest BCUT2D eigenvalue weighted by Gasteiger charge is 2.19. The zero-order valence-electron chi connectivity index (χ0n) is 6.15. The van der Waals surface area contributed by atoms with Gasteiger partial charge in [0.05, 0.1) is 4.92 Å². The quantitative estimate of drug-likeness (QED) is 0.237. The zero-order chi connectivity index (χ0) is 9.84. The van der Waals surface area contributed by atoms with E-state index < -0.39 is 10.6 Å². The maximum atomic E-state index is 10.4. The van der Waals surface area contributed by atoms with Crippen molar-refractivity contribution >= 4 is 17.3 Å². The first-order valence-electron chi connectivity index (χ1n) is 2.96. The molecule has 1 heterocycles. The second kappa shape index (κ2) is 3.32. The lowest BCUT2D eigenvalue weighted by Crippen LogP contribution is -1.99. The van der Waals surface area contributed by atoms with Gasteiger partial charge in [0.15, 0.2) is 0 Å². The van der Waals surface area contributed by atoms with Gasteiger partial charge in [0.1, 0.15) is 6.33 Å². The fraction of sp³-hybridized carbons (Fsp3) is 0. The SMILES string of the molecule is [N-]=[N+]=Nc1ncnc(N)c1[N+](=O)[O-]. The normalized spacial score (nSPS) is 8.92. The fourth-order valence-electron chi connectivity index (χ4n) is 0.673. The number of azide groups is 1. The molecule has 0 radical (unpaired) electrons. The van der Waals surface area contributed by atoms with Crippen LogP contribution in [0.4, 0.5) is 17.3 Å². The Morgan fingerprint density at radius 2 is 2.38 bits per heavy atom. The zero-order valence-corrected chi connectivity index (χ0v) is 6.15. The van der Waals surface area contributed by atoms with Crippen LogP contribution < -0.4 is 5.73 Å². The van der Waals surface area contributed by atoms with E-state index in [-0.39, 0.29) is 11.6 Å². The number of nitrogens with zero attached hydrogens (tertiary/aromatic N) is 6. The molecule has 0 atom stereocenters. The van der Waals surface area contributed by atoms with Gasteiger partial charge >= 0.3 is 5.69 Å². The van der Waals surface area contributed by atoms with Crippen molar-refractivity contribution in [2.45, 2.75) is 0 Å². The molecule has 0 saturated heterocycles. The standard InChI is InChI=1S/C4H3N7O2/c5-3-2(11(12)13)4(9-10-6)8-1-7-3/h1H,(H2,5,7,8). The molecule has 9 nitrogen and oxygen atoms in total. The third-order valence-corrected chi connectivity index (χ3v) is 1.15. The molecular formula is C4H3N7O2. The smallest absolute Gasteiger partial charge is 0.339 e. The van der Waals surface area contributed by atoms with Gasteiger partial charge in [-0.3, -0.25) is 10.1 Å². The average molecular weight is 181 g/mol. The fourth-order valence-corrected chi connectivity index (χ4v) is 0.673. The van der Waals surface area contributed by atoms with Gasteiger partial charge in [-0.05, 0) is 10.6 Å². The van der Waals surface area contributed by atoms with E-state index in [9.17, 15) is 10.1 Å². The Labute approximate surface area is 71.0 Å². The number of nitro groups is 1. The summed E-state index contributed by atoms with van der Waals surface area (Å²) in [6.45, 7) is 0. The number of hydrogen-bond donors (Lipinski definition) is 1. The predicted octanol–water partition coefficient (Wildman–Crippen LogP) is 0.909. The number of anilines is 1. The molecule has 0 bridgehead atoms. The van der Waals surface area contributed by atoms with Gasteiger partial charge in [-0.1, -0.05) is 0 Å². The van der Waals surface area contributed by atoms with Crippen molar-refractivity contribution < 1.29 is 4.92 Å². The monoisotopic (exact) mass is 181 g/mol. The first kappa shape index (κ1) is 8.68. The summed E-state index contributed by atoms with van der Waals surface area (Å²) >= 11 is 0. The van der Waals surface area contributed by atoms with Crippen LogP contribution in [0.15, 0.2) is 11.4 Å². The molecule has 0 aliphatic carbocycles. The minimum atomic E-state index is -0.806. The Hall–Kier alpha value is -2.41. The van der Waals surface area contributed by atoms with Crippen LogP contribution in [0, 0.1) is 10.1 Å². The largest absolute Gasteiger partial charge is 0.378 e. The summed E-state index contributed by atoms with van der Waals surface area (Å²) in [7, 11) is 0. The summed E-state index contributed by atoms with van der Waals surface area (Å²) in [6, 6.07) is 0. The molecule has 1 aromatic rings. The number of nitrogen functional groups attached to an aromatic ring is 1. The summed E-state index contributed by atoms with van der Waals surface area (Å²) in [4.78, 5) is 18.7. The minimum absolute atomic E-state index is 0.331.